The molecule has 0 radical (unpaired) electrons. The standard InChI is InChI=1S/C22H15Cl2N3O5/c23-17-10-27(32)11-18(24)20(17)25-22(31)21(30)16-9-26(8-12-1-3-13(28)4-2-12)19-6-5-14(29)7-15(16)19/h1-7,9-11,28-29H,8H2,(H,25,31). The zero-order chi connectivity index (χ0) is 23.0. The Bertz CT molecular complexity index is 1340. The van der Waals surface area contributed by atoms with Crippen molar-refractivity contribution in [3.05, 3.63) is 87.4 Å². The van der Waals surface area contributed by atoms with Gasteiger partial charge in [-0.25, -0.2) is 0 Å². The number of nitrogens with zero attached hydrogens (tertiary/aromatic N) is 2. The van der Waals surface area contributed by atoms with E-state index in [1.54, 1.807) is 34.9 Å². The zero-order valence-corrected chi connectivity index (χ0v) is 17.8. The first-order valence-electron chi connectivity index (χ1n) is 9.26. The van der Waals surface area contributed by atoms with Crippen molar-refractivity contribution in [3.63, 3.8) is 0 Å². The average Bonchev–Trinajstić information content (AvgIpc) is 3.08. The van der Waals surface area contributed by atoms with Gasteiger partial charge in [0.15, 0.2) is 0 Å². The van der Waals surface area contributed by atoms with Gasteiger partial charge in [0, 0.05) is 23.6 Å². The van der Waals surface area contributed by atoms with Gasteiger partial charge in [0.05, 0.1) is 11.3 Å². The van der Waals surface area contributed by atoms with Gasteiger partial charge in [-0.05, 0) is 35.9 Å². The number of anilines is 1. The maximum atomic E-state index is 13.0. The Hall–Kier alpha value is -3.75. The summed E-state index contributed by atoms with van der Waals surface area (Å²) < 4.78 is 2.13. The first-order valence-corrected chi connectivity index (χ1v) is 10.0. The number of hydrogen-bond donors (Lipinski definition) is 3. The van der Waals surface area contributed by atoms with Crippen molar-refractivity contribution in [2.75, 3.05) is 5.32 Å². The number of hydrogen-bond acceptors (Lipinski definition) is 5. The number of nitrogens with one attached hydrogen (secondary N) is 1. The monoisotopic (exact) mass is 471 g/mol. The molecule has 0 aliphatic rings. The lowest BCUT2D eigenvalue weighted by Gasteiger charge is -2.08. The van der Waals surface area contributed by atoms with Gasteiger partial charge in [0.1, 0.15) is 21.5 Å². The van der Waals surface area contributed by atoms with Crippen LogP contribution in [0.3, 0.4) is 0 Å². The van der Waals surface area contributed by atoms with Crippen LogP contribution in [0.5, 0.6) is 11.5 Å². The minimum absolute atomic E-state index is 0.0607. The summed E-state index contributed by atoms with van der Waals surface area (Å²) in [6.07, 6.45) is 3.50. The minimum atomic E-state index is -1.01. The second-order valence-corrected chi connectivity index (χ2v) is 7.83. The van der Waals surface area contributed by atoms with Crippen molar-refractivity contribution < 1.29 is 24.5 Å². The number of carbonyl (C=O) groups excluding carboxylic acids is 2. The zero-order valence-electron chi connectivity index (χ0n) is 16.3. The molecule has 1 amide bonds. The molecule has 162 valence electrons. The third-order valence-electron chi connectivity index (χ3n) is 4.80. The predicted octanol–water partition coefficient (Wildman–Crippen LogP) is 3.86. The Balaban J connectivity index is 1.70. The van der Waals surface area contributed by atoms with Crippen LogP contribution in [0.2, 0.25) is 10.0 Å². The molecule has 0 atom stereocenters. The number of fused-ring (bicyclic) bond motifs is 1. The lowest BCUT2D eigenvalue weighted by Crippen LogP contribution is -2.27. The fraction of sp³-hybridized carbons (Fsp3) is 0.0455. The summed E-state index contributed by atoms with van der Waals surface area (Å²) in [7, 11) is 0. The van der Waals surface area contributed by atoms with E-state index < -0.39 is 11.7 Å². The number of benzene rings is 2. The maximum absolute atomic E-state index is 13.0. The smallest absolute Gasteiger partial charge is 0.296 e. The summed E-state index contributed by atoms with van der Waals surface area (Å²) in [6.45, 7) is 0.357. The van der Waals surface area contributed by atoms with Crippen LogP contribution in [-0.2, 0) is 11.3 Å². The number of carbonyl (C=O) groups is 2. The number of halogens is 2. The molecule has 2 aromatic heterocycles. The van der Waals surface area contributed by atoms with Gasteiger partial charge in [0.25, 0.3) is 11.7 Å². The highest BCUT2D eigenvalue weighted by molar-refractivity contribution is 6.50. The van der Waals surface area contributed by atoms with E-state index in [0.29, 0.717) is 22.2 Å². The number of Topliss-reactive ketones (excluding diaryl/α,β-unsaturated/α-hetero) is 1. The number of phenolic OH excluding ortho intramolecular Hbond substituents is 2. The van der Waals surface area contributed by atoms with E-state index in [-0.39, 0.29) is 32.8 Å². The van der Waals surface area contributed by atoms with Crippen LogP contribution in [0, 0.1) is 5.21 Å². The summed E-state index contributed by atoms with van der Waals surface area (Å²) in [5.74, 6) is -1.83. The quantitative estimate of drug-likeness (QED) is 0.176. The third-order valence-corrected chi connectivity index (χ3v) is 5.38. The summed E-state index contributed by atoms with van der Waals surface area (Å²) in [6, 6.07) is 11.1. The highest BCUT2D eigenvalue weighted by Crippen LogP contribution is 2.30. The Morgan fingerprint density at radius 3 is 2.28 bits per heavy atom. The molecule has 3 N–H and O–H groups in total. The highest BCUT2D eigenvalue weighted by Gasteiger charge is 2.24. The van der Waals surface area contributed by atoms with Gasteiger partial charge in [-0.3, -0.25) is 9.59 Å². The van der Waals surface area contributed by atoms with Crippen LogP contribution in [0.1, 0.15) is 15.9 Å². The van der Waals surface area contributed by atoms with Crippen molar-refractivity contribution in [1.82, 2.24) is 4.57 Å². The number of phenols is 2. The first-order chi connectivity index (χ1) is 15.2. The normalized spacial score (nSPS) is 10.9. The van der Waals surface area contributed by atoms with Crippen molar-refractivity contribution in [2.45, 2.75) is 6.54 Å². The van der Waals surface area contributed by atoms with E-state index in [2.05, 4.69) is 5.32 Å². The molecule has 0 saturated heterocycles. The van der Waals surface area contributed by atoms with Crippen LogP contribution in [0.25, 0.3) is 10.9 Å². The summed E-state index contributed by atoms with van der Waals surface area (Å²) in [5, 5.41) is 33.3. The Morgan fingerprint density at radius 2 is 1.62 bits per heavy atom. The molecule has 2 heterocycles. The highest BCUT2D eigenvalue weighted by atomic mass is 35.5. The Morgan fingerprint density at radius 1 is 1.00 bits per heavy atom. The van der Waals surface area contributed by atoms with Gasteiger partial charge >= 0.3 is 0 Å². The van der Waals surface area contributed by atoms with E-state index in [1.165, 1.54) is 18.3 Å². The molecule has 0 fully saturated rings. The molecule has 0 aliphatic carbocycles. The van der Waals surface area contributed by atoms with E-state index in [9.17, 15) is 25.0 Å². The lowest BCUT2D eigenvalue weighted by molar-refractivity contribution is -0.605. The minimum Gasteiger partial charge on any atom is -0.619 e. The Labute approximate surface area is 191 Å². The van der Waals surface area contributed by atoms with Crippen molar-refractivity contribution in [2.24, 2.45) is 0 Å². The van der Waals surface area contributed by atoms with Crippen LogP contribution in [-0.4, -0.2) is 26.5 Å². The molecule has 0 spiro atoms. The second kappa shape index (κ2) is 8.41. The van der Waals surface area contributed by atoms with Crippen LogP contribution < -0.4 is 10.0 Å². The molecular formula is C22H15Cl2N3O5. The summed E-state index contributed by atoms with van der Waals surface area (Å²) >= 11 is 11.9. The number of rotatable bonds is 5. The fourth-order valence-electron chi connectivity index (χ4n) is 3.31. The molecule has 0 aliphatic heterocycles. The molecule has 8 nitrogen and oxygen atoms in total. The SMILES string of the molecule is O=C(Nc1c(Cl)c[n+]([O-])cc1Cl)C(=O)c1cn(Cc2ccc(O)cc2)c2ccc(O)cc12. The largest absolute Gasteiger partial charge is 0.619 e. The predicted molar refractivity (Wildman–Crippen MR) is 119 cm³/mol. The van der Waals surface area contributed by atoms with Gasteiger partial charge in [-0.1, -0.05) is 35.3 Å². The van der Waals surface area contributed by atoms with Crippen molar-refractivity contribution >= 4 is 51.5 Å². The molecule has 4 rings (SSSR count). The van der Waals surface area contributed by atoms with E-state index in [4.69, 9.17) is 23.2 Å². The molecule has 10 heteroatoms. The van der Waals surface area contributed by atoms with E-state index in [0.717, 1.165) is 18.0 Å². The van der Waals surface area contributed by atoms with Gasteiger partial charge in [-0.2, -0.15) is 4.73 Å². The fourth-order valence-corrected chi connectivity index (χ4v) is 3.85. The number of aromatic hydroxyl groups is 2. The van der Waals surface area contributed by atoms with Crippen LogP contribution >= 0.6 is 23.2 Å². The third kappa shape index (κ3) is 4.18. The molecule has 0 unspecified atom stereocenters. The molecule has 0 bridgehead atoms. The number of ketones is 1. The molecule has 4 aromatic rings. The topological polar surface area (TPSA) is 119 Å². The summed E-state index contributed by atoms with van der Waals surface area (Å²) in [4.78, 5) is 25.7. The van der Waals surface area contributed by atoms with E-state index in [1.807, 2.05) is 0 Å². The van der Waals surface area contributed by atoms with Crippen molar-refractivity contribution in [1.29, 1.82) is 0 Å². The molecule has 0 saturated carbocycles. The number of pyridine rings is 1. The van der Waals surface area contributed by atoms with Crippen LogP contribution in [0.4, 0.5) is 5.69 Å². The average molecular weight is 472 g/mol. The molecular weight excluding hydrogens is 457 g/mol. The first kappa shape index (κ1) is 21.5. The number of amides is 1. The Kier molecular flexibility index (Phi) is 5.65. The molecule has 32 heavy (non-hydrogen) atoms. The van der Waals surface area contributed by atoms with Crippen molar-refractivity contribution in [3.8, 4) is 11.5 Å². The van der Waals surface area contributed by atoms with Gasteiger partial charge in [-0.15, -0.1) is 0 Å². The summed E-state index contributed by atoms with van der Waals surface area (Å²) in [5.41, 5.74) is 1.48. The van der Waals surface area contributed by atoms with E-state index >= 15 is 0 Å². The van der Waals surface area contributed by atoms with Crippen LogP contribution in [0.15, 0.2) is 61.1 Å². The molecule has 2 aromatic carbocycles. The van der Waals surface area contributed by atoms with Gasteiger partial charge in [0.2, 0.25) is 12.4 Å². The number of aromatic nitrogens is 2. The van der Waals surface area contributed by atoms with Gasteiger partial charge < -0.3 is 25.3 Å². The lowest BCUT2D eigenvalue weighted by atomic mass is 10.1. The second-order valence-electron chi connectivity index (χ2n) is 7.01. The maximum Gasteiger partial charge on any atom is 0.296 e.